The van der Waals surface area contributed by atoms with E-state index in [2.05, 4.69) is 10.3 Å². The van der Waals surface area contributed by atoms with Crippen LogP contribution >= 0.6 is 11.8 Å². The van der Waals surface area contributed by atoms with E-state index in [1.54, 1.807) is 27.4 Å². The Kier molecular flexibility index (Phi) is 5.93. The molecule has 0 aromatic carbocycles. The summed E-state index contributed by atoms with van der Waals surface area (Å²) in [5.41, 5.74) is 6.13. The van der Waals surface area contributed by atoms with E-state index in [1.165, 1.54) is 0 Å². The number of nitrogens with one attached hydrogen (secondary N) is 1. The number of thioether (sulfide) groups is 1. The Morgan fingerprint density at radius 1 is 1.41 bits per heavy atom. The van der Waals surface area contributed by atoms with Crippen LogP contribution in [0.5, 0.6) is 0 Å². The van der Waals surface area contributed by atoms with Crippen LogP contribution in [0, 0.1) is 6.92 Å². The number of piperidine rings is 1. The van der Waals surface area contributed by atoms with E-state index in [1.807, 2.05) is 18.1 Å². The first-order chi connectivity index (χ1) is 12.9. The van der Waals surface area contributed by atoms with Gasteiger partial charge in [0.2, 0.25) is 5.91 Å². The Labute approximate surface area is 162 Å². The average molecular weight is 395 g/mol. The normalized spacial score (nSPS) is 18.5. The van der Waals surface area contributed by atoms with Gasteiger partial charge in [-0.1, -0.05) is 0 Å². The summed E-state index contributed by atoms with van der Waals surface area (Å²) >= 11 is 1.62. The van der Waals surface area contributed by atoms with Gasteiger partial charge < -0.3 is 20.9 Å². The molecule has 2 aliphatic rings. The summed E-state index contributed by atoms with van der Waals surface area (Å²) in [5, 5.41) is 2.56. The highest BCUT2D eigenvalue weighted by Crippen LogP contribution is 2.26. The van der Waals surface area contributed by atoms with Gasteiger partial charge in [-0.3, -0.25) is 9.36 Å². The first kappa shape index (κ1) is 19.5. The van der Waals surface area contributed by atoms with E-state index >= 15 is 0 Å². The SMILES string of the molecule is CSCC[C@@H](NC(N)=O)C(=O)N1CCC(N2Cc3cnc(C)n3C2=O)CC1. The molecule has 0 saturated carbocycles. The second-order valence-corrected chi connectivity index (χ2v) is 7.93. The summed E-state index contributed by atoms with van der Waals surface area (Å²) in [6, 6.07) is -1.19. The lowest BCUT2D eigenvalue weighted by atomic mass is 10.0. The van der Waals surface area contributed by atoms with Crippen LogP contribution in [-0.4, -0.2) is 74.5 Å². The third-order valence-corrected chi connectivity index (χ3v) is 5.87. The van der Waals surface area contributed by atoms with Crippen molar-refractivity contribution in [1.82, 2.24) is 24.7 Å². The molecule has 0 unspecified atom stereocenters. The highest BCUT2D eigenvalue weighted by molar-refractivity contribution is 7.98. The molecule has 1 fully saturated rings. The first-order valence-corrected chi connectivity index (χ1v) is 10.5. The molecule has 27 heavy (non-hydrogen) atoms. The fourth-order valence-electron chi connectivity index (χ4n) is 3.80. The van der Waals surface area contributed by atoms with E-state index in [4.69, 9.17) is 5.73 Å². The molecule has 2 aliphatic heterocycles. The Morgan fingerprint density at radius 3 is 2.70 bits per heavy atom. The van der Waals surface area contributed by atoms with Crippen molar-refractivity contribution >= 4 is 29.7 Å². The maximum atomic E-state index is 12.8. The van der Waals surface area contributed by atoms with E-state index < -0.39 is 12.1 Å². The van der Waals surface area contributed by atoms with Gasteiger partial charge >= 0.3 is 12.1 Å². The minimum absolute atomic E-state index is 0.0296. The number of amides is 4. The highest BCUT2D eigenvalue weighted by Gasteiger charge is 2.37. The zero-order valence-electron chi connectivity index (χ0n) is 15.7. The quantitative estimate of drug-likeness (QED) is 0.739. The van der Waals surface area contributed by atoms with E-state index in [-0.39, 0.29) is 18.0 Å². The molecular weight excluding hydrogens is 368 g/mol. The van der Waals surface area contributed by atoms with E-state index in [9.17, 15) is 14.4 Å². The van der Waals surface area contributed by atoms with Crippen molar-refractivity contribution in [3.8, 4) is 0 Å². The van der Waals surface area contributed by atoms with Crippen LogP contribution in [0.2, 0.25) is 0 Å². The van der Waals surface area contributed by atoms with Gasteiger partial charge in [0.25, 0.3) is 0 Å². The van der Waals surface area contributed by atoms with E-state index in [0.717, 1.165) is 24.3 Å². The van der Waals surface area contributed by atoms with Crippen LogP contribution in [0.1, 0.15) is 30.8 Å². The van der Waals surface area contributed by atoms with Gasteiger partial charge in [-0.05, 0) is 38.2 Å². The number of primary amides is 1. The smallest absolute Gasteiger partial charge is 0.330 e. The van der Waals surface area contributed by atoms with E-state index in [0.29, 0.717) is 31.9 Å². The zero-order valence-corrected chi connectivity index (χ0v) is 16.5. The number of carbonyl (C=O) groups excluding carboxylic acids is 3. The number of urea groups is 1. The minimum Gasteiger partial charge on any atom is -0.352 e. The van der Waals surface area contributed by atoms with Gasteiger partial charge in [0, 0.05) is 19.1 Å². The molecule has 148 valence electrons. The number of likely N-dealkylation sites (tertiary alicyclic amines) is 1. The molecule has 1 aromatic rings. The molecule has 9 nitrogen and oxygen atoms in total. The van der Waals surface area contributed by atoms with Gasteiger partial charge in [0.1, 0.15) is 11.9 Å². The highest BCUT2D eigenvalue weighted by atomic mass is 32.2. The predicted octanol–water partition coefficient (Wildman–Crippen LogP) is 0.756. The summed E-state index contributed by atoms with van der Waals surface area (Å²) < 4.78 is 1.66. The maximum absolute atomic E-state index is 12.8. The average Bonchev–Trinajstić information content (AvgIpc) is 3.18. The van der Waals surface area contributed by atoms with Gasteiger partial charge in [-0.2, -0.15) is 11.8 Å². The summed E-state index contributed by atoms with van der Waals surface area (Å²) in [5.74, 6) is 1.38. The molecule has 1 atom stereocenters. The van der Waals surface area contributed by atoms with Crippen molar-refractivity contribution in [3.05, 3.63) is 17.7 Å². The zero-order chi connectivity index (χ0) is 19.6. The van der Waals surface area contributed by atoms with Crippen LogP contribution in [0.15, 0.2) is 6.20 Å². The predicted molar refractivity (Wildman–Crippen MR) is 102 cm³/mol. The van der Waals surface area contributed by atoms with Crippen LogP contribution < -0.4 is 11.1 Å². The standard InChI is InChI=1S/C17H26N6O3S/c1-11-19-9-13-10-22(17(26)23(11)13)12-3-6-21(7-4-12)15(24)14(5-8-27-2)20-16(18)25/h9,12,14H,3-8,10H2,1-2H3,(H3,18,20,25)/t14-/m1/s1. The summed E-state index contributed by atoms with van der Waals surface area (Å²) in [6.45, 7) is 3.52. The molecule has 3 rings (SSSR count). The number of hydrogen-bond donors (Lipinski definition) is 2. The number of aromatic nitrogens is 2. The molecule has 10 heteroatoms. The third-order valence-electron chi connectivity index (χ3n) is 5.22. The largest absolute Gasteiger partial charge is 0.352 e. The molecule has 3 N–H and O–H groups in total. The molecule has 0 spiro atoms. The lowest BCUT2D eigenvalue weighted by molar-refractivity contribution is -0.134. The number of nitrogens with zero attached hydrogens (tertiary/aromatic N) is 4. The molecule has 0 aliphatic carbocycles. The maximum Gasteiger partial charge on any atom is 0.330 e. The Hall–Kier alpha value is -2.23. The van der Waals surface area contributed by atoms with Crippen LogP contribution in [0.3, 0.4) is 0 Å². The summed E-state index contributed by atoms with van der Waals surface area (Å²) in [6.07, 6.45) is 5.70. The fraction of sp³-hybridized carbons (Fsp3) is 0.647. The molecule has 3 heterocycles. The second kappa shape index (κ2) is 8.20. The van der Waals surface area contributed by atoms with Crippen molar-refractivity contribution < 1.29 is 14.4 Å². The number of nitrogens with two attached hydrogens (primary N) is 1. The Bertz CT molecular complexity index is 728. The number of rotatable bonds is 6. The summed E-state index contributed by atoms with van der Waals surface area (Å²) in [7, 11) is 0. The first-order valence-electron chi connectivity index (χ1n) is 9.10. The van der Waals surface area contributed by atoms with Gasteiger partial charge in [0.05, 0.1) is 18.4 Å². The van der Waals surface area contributed by atoms with Crippen molar-refractivity contribution in [2.24, 2.45) is 5.73 Å². The van der Waals surface area contributed by atoms with Crippen molar-refractivity contribution in [2.45, 2.75) is 44.8 Å². The third kappa shape index (κ3) is 4.05. The number of imidazole rings is 1. The minimum atomic E-state index is -0.682. The monoisotopic (exact) mass is 394 g/mol. The van der Waals surface area contributed by atoms with Crippen LogP contribution in [-0.2, 0) is 11.3 Å². The van der Waals surface area contributed by atoms with Gasteiger partial charge in [-0.25, -0.2) is 14.6 Å². The molecule has 0 radical (unpaired) electrons. The topological polar surface area (TPSA) is 114 Å². The Morgan fingerprint density at radius 2 is 2.11 bits per heavy atom. The summed E-state index contributed by atoms with van der Waals surface area (Å²) in [4.78, 5) is 44.5. The van der Waals surface area contributed by atoms with Crippen LogP contribution in [0.4, 0.5) is 9.59 Å². The van der Waals surface area contributed by atoms with Crippen molar-refractivity contribution in [1.29, 1.82) is 0 Å². The van der Waals surface area contributed by atoms with Gasteiger partial charge in [0.15, 0.2) is 0 Å². The lowest BCUT2D eigenvalue weighted by Gasteiger charge is -2.37. The number of hydrogen-bond acceptors (Lipinski definition) is 5. The molecular formula is C17H26N6O3S. The lowest BCUT2D eigenvalue weighted by Crippen LogP contribution is -2.54. The number of carbonyl (C=O) groups is 3. The molecule has 1 aromatic heterocycles. The number of fused-ring (bicyclic) bond motifs is 1. The van der Waals surface area contributed by atoms with Crippen molar-refractivity contribution in [3.63, 3.8) is 0 Å². The molecule has 1 saturated heterocycles. The van der Waals surface area contributed by atoms with Crippen LogP contribution in [0.25, 0.3) is 0 Å². The second-order valence-electron chi connectivity index (χ2n) is 6.94. The fourth-order valence-corrected chi connectivity index (χ4v) is 4.27. The number of aryl methyl sites for hydroxylation is 1. The van der Waals surface area contributed by atoms with Crippen molar-refractivity contribution in [2.75, 3.05) is 25.1 Å². The molecule has 4 amide bonds. The molecule has 0 bridgehead atoms. The van der Waals surface area contributed by atoms with Gasteiger partial charge in [-0.15, -0.1) is 0 Å². The Balaban J connectivity index is 1.57.